The summed E-state index contributed by atoms with van der Waals surface area (Å²) in [5.41, 5.74) is 0.619. The predicted molar refractivity (Wildman–Crippen MR) is 78.2 cm³/mol. The highest BCUT2D eigenvalue weighted by molar-refractivity contribution is 7.85. The summed E-state index contributed by atoms with van der Waals surface area (Å²) in [6.45, 7) is 0. The molecule has 0 N–H and O–H groups in total. The molecule has 21 heavy (non-hydrogen) atoms. The molecule has 1 heterocycles. The van der Waals surface area contributed by atoms with Crippen molar-refractivity contribution in [2.24, 2.45) is 0 Å². The first-order valence-corrected chi connectivity index (χ1v) is 7.61. The van der Waals surface area contributed by atoms with Gasteiger partial charge in [0.15, 0.2) is 5.76 Å². The van der Waals surface area contributed by atoms with E-state index in [4.69, 9.17) is 4.42 Å². The molecule has 1 atom stereocenters. The highest BCUT2D eigenvalue weighted by atomic mass is 32.2. The van der Waals surface area contributed by atoms with Crippen LogP contribution in [0.4, 0.5) is 4.39 Å². The molecule has 3 nitrogen and oxygen atoms in total. The van der Waals surface area contributed by atoms with Crippen LogP contribution in [0.1, 0.15) is 10.6 Å². The predicted octanol–water partition coefficient (Wildman–Crippen LogP) is 3.56. The van der Waals surface area contributed by atoms with E-state index in [-0.39, 0.29) is 17.3 Å². The van der Waals surface area contributed by atoms with Crippen LogP contribution in [0.15, 0.2) is 63.9 Å². The molecule has 5 heteroatoms. The number of ketones is 1. The summed E-state index contributed by atoms with van der Waals surface area (Å²) in [6, 6.07) is 14.2. The molecule has 2 aromatic carbocycles. The number of Topliss-reactive ketones (excluding diaryl/α,β-unsaturated/α-hetero) is 1. The van der Waals surface area contributed by atoms with Crippen LogP contribution >= 0.6 is 0 Å². The fraction of sp³-hybridized carbons (Fsp3) is 0.0625. The molecule has 0 bridgehead atoms. The average molecular weight is 302 g/mol. The van der Waals surface area contributed by atoms with E-state index in [1.165, 1.54) is 24.3 Å². The lowest BCUT2D eigenvalue weighted by atomic mass is 10.2. The number of hydrogen-bond donors (Lipinski definition) is 0. The molecular weight excluding hydrogens is 291 g/mol. The lowest BCUT2D eigenvalue weighted by molar-refractivity contribution is 0.0993. The summed E-state index contributed by atoms with van der Waals surface area (Å²) in [4.78, 5) is 12.5. The normalized spacial score (nSPS) is 12.4. The van der Waals surface area contributed by atoms with Gasteiger partial charge in [-0.25, -0.2) is 4.39 Å². The first kappa shape index (κ1) is 13.7. The van der Waals surface area contributed by atoms with Crippen molar-refractivity contribution in [3.05, 3.63) is 66.2 Å². The van der Waals surface area contributed by atoms with E-state index >= 15 is 0 Å². The Morgan fingerprint density at radius 1 is 1.10 bits per heavy atom. The van der Waals surface area contributed by atoms with Gasteiger partial charge in [0, 0.05) is 10.3 Å². The van der Waals surface area contributed by atoms with Crippen molar-refractivity contribution < 1.29 is 17.8 Å². The lowest BCUT2D eigenvalue weighted by Crippen LogP contribution is -2.10. The van der Waals surface area contributed by atoms with Crippen LogP contribution in [-0.4, -0.2) is 15.7 Å². The van der Waals surface area contributed by atoms with E-state index in [9.17, 15) is 13.4 Å². The molecule has 0 amide bonds. The van der Waals surface area contributed by atoms with Crippen molar-refractivity contribution in [1.29, 1.82) is 0 Å². The third-order valence-corrected chi connectivity index (χ3v) is 4.36. The maximum Gasteiger partial charge on any atom is 0.210 e. The Balaban J connectivity index is 1.79. The van der Waals surface area contributed by atoms with Crippen LogP contribution in [0.25, 0.3) is 11.0 Å². The Kier molecular flexibility index (Phi) is 3.66. The lowest BCUT2D eigenvalue weighted by Gasteiger charge is -2.00. The molecule has 3 rings (SSSR count). The number of hydrogen-bond acceptors (Lipinski definition) is 3. The fourth-order valence-electron chi connectivity index (χ4n) is 1.98. The van der Waals surface area contributed by atoms with Crippen LogP contribution in [0.3, 0.4) is 0 Å². The Morgan fingerprint density at radius 3 is 2.52 bits per heavy atom. The molecule has 1 aromatic heterocycles. The quantitative estimate of drug-likeness (QED) is 0.692. The Bertz CT molecular complexity index is 788. The van der Waals surface area contributed by atoms with Gasteiger partial charge in [0.05, 0.1) is 16.6 Å². The molecule has 0 aliphatic rings. The van der Waals surface area contributed by atoms with E-state index in [2.05, 4.69) is 0 Å². The summed E-state index contributed by atoms with van der Waals surface area (Å²) in [6.07, 6.45) is 0. The van der Waals surface area contributed by atoms with Gasteiger partial charge in [-0.15, -0.1) is 0 Å². The molecule has 0 saturated heterocycles. The summed E-state index contributed by atoms with van der Waals surface area (Å²) in [5.74, 6) is -0.745. The zero-order valence-corrected chi connectivity index (χ0v) is 11.7. The molecule has 0 spiro atoms. The van der Waals surface area contributed by atoms with Crippen molar-refractivity contribution in [3.8, 4) is 0 Å². The van der Waals surface area contributed by atoms with Crippen LogP contribution in [0.5, 0.6) is 0 Å². The summed E-state index contributed by atoms with van der Waals surface area (Å²) >= 11 is 0. The Morgan fingerprint density at radius 2 is 1.81 bits per heavy atom. The average Bonchev–Trinajstić information content (AvgIpc) is 2.92. The summed E-state index contributed by atoms with van der Waals surface area (Å²) < 4.78 is 30.3. The van der Waals surface area contributed by atoms with Crippen LogP contribution in [0.2, 0.25) is 0 Å². The van der Waals surface area contributed by atoms with Gasteiger partial charge < -0.3 is 4.42 Å². The number of furan rings is 1. The number of fused-ring (bicyclic) bond motifs is 1. The van der Waals surface area contributed by atoms with Crippen molar-refractivity contribution in [1.82, 2.24) is 0 Å². The highest BCUT2D eigenvalue weighted by Crippen LogP contribution is 2.20. The number of benzene rings is 2. The van der Waals surface area contributed by atoms with Crippen LogP contribution in [0, 0.1) is 5.82 Å². The van der Waals surface area contributed by atoms with Gasteiger partial charge in [-0.2, -0.15) is 0 Å². The minimum Gasteiger partial charge on any atom is -0.453 e. The van der Waals surface area contributed by atoms with Gasteiger partial charge in [-0.05, 0) is 36.4 Å². The fourth-order valence-corrected chi connectivity index (χ4v) is 2.97. The van der Waals surface area contributed by atoms with E-state index in [1.54, 1.807) is 12.1 Å². The van der Waals surface area contributed by atoms with Crippen LogP contribution in [-0.2, 0) is 10.8 Å². The van der Waals surface area contributed by atoms with Crippen molar-refractivity contribution in [2.45, 2.75) is 4.90 Å². The maximum atomic E-state index is 12.8. The van der Waals surface area contributed by atoms with E-state index in [0.29, 0.717) is 10.5 Å². The topological polar surface area (TPSA) is 47.3 Å². The summed E-state index contributed by atoms with van der Waals surface area (Å²) in [5, 5.41) is 0.827. The second-order valence-electron chi connectivity index (χ2n) is 4.52. The number of rotatable bonds is 4. The van der Waals surface area contributed by atoms with E-state index in [0.717, 1.165) is 5.39 Å². The Labute approximate surface area is 122 Å². The highest BCUT2D eigenvalue weighted by Gasteiger charge is 2.16. The van der Waals surface area contributed by atoms with Crippen molar-refractivity contribution in [3.63, 3.8) is 0 Å². The minimum atomic E-state index is -1.52. The zero-order chi connectivity index (χ0) is 14.8. The van der Waals surface area contributed by atoms with Gasteiger partial charge in [0.25, 0.3) is 0 Å². The van der Waals surface area contributed by atoms with Crippen molar-refractivity contribution in [2.75, 3.05) is 5.75 Å². The van der Waals surface area contributed by atoms with Crippen LogP contribution < -0.4 is 0 Å². The Hall–Kier alpha value is -2.27. The van der Waals surface area contributed by atoms with Crippen molar-refractivity contribution >= 4 is 27.6 Å². The molecular formula is C16H11FO3S. The van der Waals surface area contributed by atoms with Gasteiger partial charge in [-0.3, -0.25) is 9.00 Å². The molecule has 0 aliphatic carbocycles. The van der Waals surface area contributed by atoms with E-state index < -0.39 is 16.6 Å². The molecule has 0 saturated carbocycles. The number of carbonyl (C=O) groups excluding carboxylic acids is 1. The third kappa shape index (κ3) is 2.92. The second kappa shape index (κ2) is 5.61. The minimum absolute atomic E-state index is 0.187. The second-order valence-corrected chi connectivity index (χ2v) is 5.97. The molecule has 0 fully saturated rings. The largest absolute Gasteiger partial charge is 0.453 e. The molecule has 106 valence electrons. The standard InChI is InChI=1S/C16H11FO3S/c17-12-5-7-13(8-6-12)21(19)10-14(18)16-9-11-3-1-2-4-15(11)20-16/h1-9H,10H2. The number of para-hydroxylation sites is 1. The number of carbonyl (C=O) groups is 1. The summed E-state index contributed by atoms with van der Waals surface area (Å²) in [7, 11) is -1.52. The monoisotopic (exact) mass is 302 g/mol. The number of halogens is 1. The molecule has 0 aliphatic heterocycles. The molecule has 3 aromatic rings. The smallest absolute Gasteiger partial charge is 0.210 e. The van der Waals surface area contributed by atoms with Gasteiger partial charge >= 0.3 is 0 Å². The van der Waals surface area contributed by atoms with E-state index in [1.807, 2.05) is 18.2 Å². The SMILES string of the molecule is O=C(CS(=O)c1ccc(F)cc1)c1cc2ccccc2o1. The zero-order valence-electron chi connectivity index (χ0n) is 10.9. The third-order valence-electron chi connectivity index (χ3n) is 3.04. The first-order valence-electron chi connectivity index (χ1n) is 6.29. The van der Waals surface area contributed by atoms with Gasteiger partial charge in [-0.1, -0.05) is 18.2 Å². The first-order chi connectivity index (χ1) is 10.1. The van der Waals surface area contributed by atoms with Gasteiger partial charge in [0.1, 0.15) is 11.4 Å². The van der Waals surface area contributed by atoms with Gasteiger partial charge in [0.2, 0.25) is 5.78 Å². The molecule has 0 radical (unpaired) electrons. The maximum absolute atomic E-state index is 12.8. The molecule has 1 unspecified atom stereocenters.